The number of ether oxygens (including phenoxy) is 2. The highest BCUT2D eigenvalue weighted by molar-refractivity contribution is 5.77. The number of carbonyl (C=O) groups is 1. The summed E-state index contributed by atoms with van der Waals surface area (Å²) in [5.41, 5.74) is 3.38. The van der Waals surface area contributed by atoms with Crippen LogP contribution in [-0.2, 0) is 16.1 Å². The normalized spacial score (nSPS) is 18.3. The summed E-state index contributed by atoms with van der Waals surface area (Å²) in [7, 11) is 1.66. The lowest BCUT2D eigenvalue weighted by Gasteiger charge is -2.43. The van der Waals surface area contributed by atoms with Gasteiger partial charge in [-0.3, -0.25) is 9.69 Å². The van der Waals surface area contributed by atoms with Gasteiger partial charge in [-0.2, -0.15) is 0 Å². The Morgan fingerprint density at radius 3 is 2.52 bits per heavy atom. The third kappa shape index (κ3) is 3.85. The molecule has 2 atom stereocenters. The highest BCUT2D eigenvalue weighted by Crippen LogP contribution is 2.31. The topological polar surface area (TPSA) is 38.8 Å². The molecule has 1 saturated heterocycles. The van der Waals surface area contributed by atoms with Gasteiger partial charge in [-0.15, -0.1) is 0 Å². The van der Waals surface area contributed by atoms with Crippen molar-refractivity contribution < 1.29 is 14.3 Å². The Morgan fingerprint density at radius 1 is 1.20 bits per heavy atom. The first-order chi connectivity index (χ1) is 12.1. The molecule has 0 N–H and O–H groups in total. The van der Waals surface area contributed by atoms with E-state index < -0.39 is 0 Å². The molecule has 1 aliphatic heterocycles. The minimum Gasteiger partial charge on any atom is -0.497 e. The first-order valence-corrected chi connectivity index (χ1v) is 8.71. The van der Waals surface area contributed by atoms with Crippen LogP contribution in [0.5, 0.6) is 5.75 Å². The molecular weight excluding hydrogens is 314 g/mol. The summed E-state index contributed by atoms with van der Waals surface area (Å²) in [4.78, 5) is 14.7. The van der Waals surface area contributed by atoms with E-state index in [1.807, 2.05) is 43.3 Å². The molecule has 3 rings (SSSR count). The van der Waals surface area contributed by atoms with Gasteiger partial charge in [-0.05, 0) is 49.1 Å². The first-order valence-electron chi connectivity index (χ1n) is 8.71. The molecule has 0 aliphatic carbocycles. The molecule has 2 aromatic carbocycles. The number of carbonyl (C=O) groups excluding carboxylic acids is 1. The van der Waals surface area contributed by atoms with Crippen LogP contribution in [0.2, 0.25) is 0 Å². The Labute approximate surface area is 149 Å². The van der Waals surface area contributed by atoms with Crippen LogP contribution in [0.1, 0.15) is 36.1 Å². The third-order valence-corrected chi connectivity index (χ3v) is 5.06. The minimum absolute atomic E-state index is 0.130. The summed E-state index contributed by atoms with van der Waals surface area (Å²) in [5.74, 6) is 0.712. The minimum atomic E-state index is -0.152. The maximum absolute atomic E-state index is 12.5. The van der Waals surface area contributed by atoms with Crippen LogP contribution in [0.15, 0.2) is 48.5 Å². The zero-order valence-electron chi connectivity index (χ0n) is 15.1. The molecule has 0 bridgehead atoms. The van der Waals surface area contributed by atoms with Crippen LogP contribution < -0.4 is 4.74 Å². The Kier molecular flexibility index (Phi) is 5.39. The summed E-state index contributed by atoms with van der Waals surface area (Å²) in [6.07, 6.45) is 0.854. The van der Waals surface area contributed by atoms with Crippen molar-refractivity contribution in [2.75, 3.05) is 13.7 Å². The predicted octanol–water partition coefficient (Wildman–Crippen LogP) is 3.88. The number of benzene rings is 2. The van der Waals surface area contributed by atoms with Crippen molar-refractivity contribution in [3.05, 3.63) is 65.2 Å². The van der Waals surface area contributed by atoms with Gasteiger partial charge < -0.3 is 9.47 Å². The lowest BCUT2D eigenvalue weighted by atomic mass is 9.96. The number of hydrogen-bond acceptors (Lipinski definition) is 4. The molecule has 132 valence electrons. The molecule has 25 heavy (non-hydrogen) atoms. The van der Waals surface area contributed by atoms with E-state index in [1.54, 1.807) is 7.11 Å². The maximum atomic E-state index is 12.5. The SMILES string of the molecule is COc1ccc(C(C)N2CCC2C(=O)OCc2ccccc2C)cc1. The quantitative estimate of drug-likeness (QED) is 0.749. The number of methoxy groups -OCH3 is 1. The molecule has 0 spiro atoms. The Bertz CT molecular complexity index is 726. The van der Waals surface area contributed by atoms with Gasteiger partial charge in [0, 0.05) is 12.6 Å². The molecule has 0 aromatic heterocycles. The van der Waals surface area contributed by atoms with E-state index in [2.05, 4.69) is 24.0 Å². The molecule has 1 fully saturated rings. The molecule has 4 nitrogen and oxygen atoms in total. The first kappa shape index (κ1) is 17.5. The van der Waals surface area contributed by atoms with Gasteiger partial charge in [-0.1, -0.05) is 36.4 Å². The van der Waals surface area contributed by atoms with E-state index in [-0.39, 0.29) is 18.1 Å². The summed E-state index contributed by atoms with van der Waals surface area (Å²) in [6, 6.07) is 16.0. The van der Waals surface area contributed by atoms with E-state index in [9.17, 15) is 4.79 Å². The number of aryl methyl sites for hydroxylation is 1. The molecule has 1 aliphatic rings. The average molecular weight is 339 g/mol. The van der Waals surface area contributed by atoms with Gasteiger partial charge in [0.15, 0.2) is 0 Å². The fourth-order valence-electron chi connectivity index (χ4n) is 3.22. The van der Waals surface area contributed by atoms with Crippen LogP contribution in [0.25, 0.3) is 0 Å². The number of nitrogens with zero attached hydrogens (tertiary/aromatic N) is 1. The molecule has 2 unspecified atom stereocenters. The Balaban J connectivity index is 1.59. The lowest BCUT2D eigenvalue weighted by Crippen LogP contribution is -2.53. The van der Waals surface area contributed by atoms with Crippen LogP contribution >= 0.6 is 0 Å². The molecule has 4 heteroatoms. The number of hydrogen-bond donors (Lipinski definition) is 0. The van der Waals surface area contributed by atoms with Crippen molar-refractivity contribution in [3.63, 3.8) is 0 Å². The summed E-state index contributed by atoms with van der Waals surface area (Å²) >= 11 is 0. The van der Waals surface area contributed by atoms with Gasteiger partial charge in [0.2, 0.25) is 0 Å². The van der Waals surface area contributed by atoms with Crippen molar-refractivity contribution in [2.45, 2.75) is 39.0 Å². The maximum Gasteiger partial charge on any atom is 0.323 e. The van der Waals surface area contributed by atoms with Crippen molar-refractivity contribution in [1.82, 2.24) is 4.90 Å². The van der Waals surface area contributed by atoms with Crippen molar-refractivity contribution in [1.29, 1.82) is 0 Å². The molecule has 1 heterocycles. The summed E-state index contributed by atoms with van der Waals surface area (Å²) < 4.78 is 10.8. The van der Waals surface area contributed by atoms with E-state index in [4.69, 9.17) is 9.47 Å². The van der Waals surface area contributed by atoms with Gasteiger partial charge in [-0.25, -0.2) is 0 Å². The number of likely N-dealkylation sites (tertiary alicyclic amines) is 1. The highest BCUT2D eigenvalue weighted by atomic mass is 16.5. The summed E-state index contributed by atoms with van der Waals surface area (Å²) in [6.45, 7) is 5.41. The predicted molar refractivity (Wildman–Crippen MR) is 97.5 cm³/mol. The number of esters is 1. The number of rotatable bonds is 6. The highest BCUT2D eigenvalue weighted by Gasteiger charge is 2.38. The second-order valence-corrected chi connectivity index (χ2v) is 6.53. The second-order valence-electron chi connectivity index (χ2n) is 6.53. The zero-order chi connectivity index (χ0) is 17.8. The molecule has 2 aromatic rings. The van der Waals surface area contributed by atoms with E-state index >= 15 is 0 Å². The van der Waals surface area contributed by atoms with Gasteiger partial charge in [0.1, 0.15) is 18.4 Å². The van der Waals surface area contributed by atoms with Gasteiger partial charge >= 0.3 is 5.97 Å². The monoisotopic (exact) mass is 339 g/mol. The van der Waals surface area contributed by atoms with Crippen LogP contribution in [-0.4, -0.2) is 30.6 Å². The Morgan fingerprint density at radius 2 is 1.92 bits per heavy atom. The molecule has 0 saturated carbocycles. The molecular formula is C21H25NO3. The van der Waals surface area contributed by atoms with Crippen molar-refractivity contribution in [3.8, 4) is 5.75 Å². The molecule has 0 radical (unpaired) electrons. The van der Waals surface area contributed by atoms with Crippen molar-refractivity contribution in [2.24, 2.45) is 0 Å². The standard InChI is InChI=1S/C21H25NO3/c1-15-6-4-5-7-18(15)14-25-21(23)20-12-13-22(20)16(2)17-8-10-19(24-3)11-9-17/h4-11,16,20H,12-14H2,1-3H3. The van der Waals surface area contributed by atoms with Crippen LogP contribution in [0.3, 0.4) is 0 Å². The second kappa shape index (κ2) is 7.70. The van der Waals surface area contributed by atoms with E-state index in [0.29, 0.717) is 6.61 Å². The van der Waals surface area contributed by atoms with Crippen LogP contribution in [0.4, 0.5) is 0 Å². The van der Waals surface area contributed by atoms with E-state index in [1.165, 1.54) is 5.56 Å². The molecule has 0 amide bonds. The Hall–Kier alpha value is -2.33. The average Bonchev–Trinajstić information content (AvgIpc) is 2.60. The smallest absolute Gasteiger partial charge is 0.323 e. The summed E-state index contributed by atoms with van der Waals surface area (Å²) in [5, 5.41) is 0. The van der Waals surface area contributed by atoms with Crippen LogP contribution in [0, 0.1) is 6.92 Å². The van der Waals surface area contributed by atoms with E-state index in [0.717, 1.165) is 29.8 Å². The van der Waals surface area contributed by atoms with Gasteiger partial charge in [0.25, 0.3) is 0 Å². The largest absolute Gasteiger partial charge is 0.497 e. The fraction of sp³-hybridized carbons (Fsp3) is 0.381. The third-order valence-electron chi connectivity index (χ3n) is 5.06. The van der Waals surface area contributed by atoms with Crippen molar-refractivity contribution >= 4 is 5.97 Å². The fourth-order valence-corrected chi connectivity index (χ4v) is 3.22. The van der Waals surface area contributed by atoms with Gasteiger partial charge in [0.05, 0.1) is 7.11 Å². The lowest BCUT2D eigenvalue weighted by molar-refractivity contribution is -0.158. The zero-order valence-corrected chi connectivity index (χ0v) is 15.1.